The van der Waals surface area contributed by atoms with Crippen molar-refractivity contribution in [2.45, 2.75) is 31.7 Å². The van der Waals surface area contributed by atoms with Crippen LogP contribution in [-0.4, -0.2) is 40.4 Å². The first-order chi connectivity index (χ1) is 9.21. The number of hydrazine groups is 1. The lowest BCUT2D eigenvalue weighted by Crippen LogP contribution is -2.47. The summed E-state index contributed by atoms with van der Waals surface area (Å²) in [5.74, 6) is 7.35. The molecule has 5 N–H and O–H groups in total. The third-order valence-electron chi connectivity index (χ3n) is 3.38. The third kappa shape index (κ3) is 3.31. The summed E-state index contributed by atoms with van der Waals surface area (Å²) in [5, 5.41) is 13.0. The number of nitrogens with zero attached hydrogens (tertiary/aromatic N) is 2. The molecule has 0 spiro atoms. The molecule has 0 aromatic carbocycles. The van der Waals surface area contributed by atoms with Crippen LogP contribution in [0.15, 0.2) is 6.07 Å². The molecule has 1 saturated heterocycles. The first kappa shape index (κ1) is 14.0. The van der Waals surface area contributed by atoms with Crippen molar-refractivity contribution < 1.29 is 9.84 Å². The average molecular weight is 267 g/mol. The van der Waals surface area contributed by atoms with Crippen LogP contribution in [0.25, 0.3) is 0 Å². The maximum atomic E-state index is 9.65. The van der Waals surface area contributed by atoms with Gasteiger partial charge in [-0.3, -0.25) is 0 Å². The van der Waals surface area contributed by atoms with Gasteiger partial charge in [-0.1, -0.05) is 6.92 Å². The van der Waals surface area contributed by atoms with Crippen LogP contribution in [0, 0.1) is 0 Å². The number of rotatable bonds is 5. The Morgan fingerprint density at radius 3 is 2.63 bits per heavy atom. The number of aliphatic hydroxyl groups excluding tert-OH is 1. The fraction of sp³-hybridized carbons (Fsp3) is 0.667. The molecule has 1 fully saturated rings. The van der Waals surface area contributed by atoms with Crippen LogP contribution in [0.4, 0.5) is 11.6 Å². The fourth-order valence-corrected chi connectivity index (χ4v) is 2.15. The maximum Gasteiger partial charge on any atom is 0.145 e. The maximum absolute atomic E-state index is 9.65. The minimum absolute atomic E-state index is 0.0488. The molecular formula is C12H21N5O2. The Morgan fingerprint density at radius 1 is 1.37 bits per heavy atom. The average Bonchev–Trinajstić information content (AvgIpc) is 2.47. The molecule has 19 heavy (non-hydrogen) atoms. The summed E-state index contributed by atoms with van der Waals surface area (Å²) in [6, 6.07) is 1.74. The van der Waals surface area contributed by atoms with Gasteiger partial charge in [0.15, 0.2) is 0 Å². The smallest absolute Gasteiger partial charge is 0.145 e. The molecule has 0 saturated carbocycles. The molecule has 1 aliphatic rings. The van der Waals surface area contributed by atoms with E-state index in [4.69, 9.17) is 10.6 Å². The number of hydrogen-bond acceptors (Lipinski definition) is 7. The summed E-state index contributed by atoms with van der Waals surface area (Å²) in [4.78, 5) is 8.65. The monoisotopic (exact) mass is 267 g/mol. The molecule has 0 radical (unpaired) electrons. The van der Waals surface area contributed by atoms with E-state index < -0.39 is 0 Å². The van der Waals surface area contributed by atoms with Crippen LogP contribution in [0.5, 0.6) is 0 Å². The van der Waals surface area contributed by atoms with E-state index in [0.29, 0.717) is 30.7 Å². The van der Waals surface area contributed by atoms with Crippen LogP contribution >= 0.6 is 0 Å². The van der Waals surface area contributed by atoms with Crippen LogP contribution in [0.1, 0.15) is 25.6 Å². The van der Waals surface area contributed by atoms with Crippen LogP contribution in [0.3, 0.4) is 0 Å². The van der Waals surface area contributed by atoms with E-state index in [2.05, 4.69) is 20.7 Å². The van der Waals surface area contributed by atoms with Crippen molar-refractivity contribution in [2.24, 2.45) is 5.84 Å². The summed E-state index contributed by atoms with van der Waals surface area (Å²) >= 11 is 0. The van der Waals surface area contributed by atoms with Gasteiger partial charge in [0.25, 0.3) is 0 Å². The van der Waals surface area contributed by atoms with Crippen molar-refractivity contribution in [1.82, 2.24) is 9.97 Å². The molecule has 0 amide bonds. The van der Waals surface area contributed by atoms with Gasteiger partial charge in [0.1, 0.15) is 17.5 Å². The summed E-state index contributed by atoms with van der Waals surface area (Å²) in [7, 11) is 0. The van der Waals surface area contributed by atoms with Crippen LogP contribution in [0.2, 0.25) is 0 Å². The van der Waals surface area contributed by atoms with Gasteiger partial charge in [0.05, 0.1) is 12.1 Å². The van der Waals surface area contributed by atoms with Crippen molar-refractivity contribution >= 4 is 11.6 Å². The second-order valence-corrected chi connectivity index (χ2v) is 4.73. The highest BCUT2D eigenvalue weighted by atomic mass is 16.5. The Bertz CT molecular complexity index is 398. The zero-order valence-electron chi connectivity index (χ0n) is 11.1. The molecule has 7 heteroatoms. The molecule has 1 aromatic rings. The normalized spacial score (nSPS) is 18.1. The zero-order chi connectivity index (χ0) is 13.7. The van der Waals surface area contributed by atoms with Crippen molar-refractivity contribution in [3.05, 3.63) is 11.9 Å². The van der Waals surface area contributed by atoms with Crippen molar-refractivity contribution in [3.63, 3.8) is 0 Å². The molecule has 2 heterocycles. The topological polar surface area (TPSA) is 105 Å². The lowest BCUT2D eigenvalue weighted by atomic mass is 9.91. The minimum Gasteiger partial charge on any atom is -0.394 e. The second-order valence-electron chi connectivity index (χ2n) is 4.73. The van der Waals surface area contributed by atoms with Crippen molar-refractivity contribution in [3.8, 4) is 0 Å². The predicted octanol–water partition coefficient (Wildman–Crippen LogP) is 0.278. The molecule has 1 aliphatic heterocycles. The molecule has 0 atom stereocenters. The molecule has 2 rings (SSSR count). The van der Waals surface area contributed by atoms with E-state index in [9.17, 15) is 5.11 Å². The van der Waals surface area contributed by atoms with E-state index in [1.807, 2.05) is 6.92 Å². The Labute approximate surface area is 112 Å². The Hall–Kier alpha value is -1.44. The number of aryl methyl sites for hydroxylation is 1. The zero-order valence-corrected chi connectivity index (χ0v) is 11.1. The second kappa shape index (κ2) is 6.14. The van der Waals surface area contributed by atoms with E-state index in [1.165, 1.54) is 0 Å². The first-order valence-corrected chi connectivity index (χ1v) is 6.53. The number of nitrogen functional groups attached to an aromatic ring is 1. The standard InChI is InChI=1S/C12H21N5O2/c1-2-9-14-10(7-11(15-9)17-13)16-12(8-18)3-5-19-6-4-12/h7,18H,2-6,8,13H2,1H3,(H2,14,15,16,17). The van der Waals surface area contributed by atoms with Gasteiger partial charge in [0.2, 0.25) is 0 Å². The Morgan fingerprint density at radius 2 is 2.05 bits per heavy atom. The molecule has 0 unspecified atom stereocenters. The highest BCUT2D eigenvalue weighted by molar-refractivity contribution is 5.48. The third-order valence-corrected chi connectivity index (χ3v) is 3.38. The number of nitrogens with one attached hydrogen (secondary N) is 2. The number of nitrogens with two attached hydrogens (primary N) is 1. The highest BCUT2D eigenvalue weighted by Crippen LogP contribution is 2.25. The highest BCUT2D eigenvalue weighted by Gasteiger charge is 2.32. The van der Waals surface area contributed by atoms with Gasteiger partial charge in [-0.15, -0.1) is 0 Å². The minimum atomic E-state index is -0.372. The number of anilines is 2. The summed E-state index contributed by atoms with van der Waals surface area (Å²) < 4.78 is 5.34. The van der Waals surface area contributed by atoms with Crippen molar-refractivity contribution in [2.75, 3.05) is 30.6 Å². The van der Waals surface area contributed by atoms with E-state index >= 15 is 0 Å². The molecular weight excluding hydrogens is 246 g/mol. The lowest BCUT2D eigenvalue weighted by Gasteiger charge is -2.36. The van der Waals surface area contributed by atoms with Gasteiger partial charge in [0, 0.05) is 25.7 Å². The summed E-state index contributed by atoms with van der Waals surface area (Å²) in [6.45, 7) is 3.31. The fourth-order valence-electron chi connectivity index (χ4n) is 2.15. The predicted molar refractivity (Wildman–Crippen MR) is 72.7 cm³/mol. The molecule has 0 aliphatic carbocycles. The van der Waals surface area contributed by atoms with E-state index in [1.54, 1.807) is 6.07 Å². The van der Waals surface area contributed by atoms with Gasteiger partial charge < -0.3 is 20.6 Å². The van der Waals surface area contributed by atoms with Gasteiger partial charge in [-0.2, -0.15) is 0 Å². The number of aromatic nitrogens is 2. The largest absolute Gasteiger partial charge is 0.394 e. The number of hydrogen-bond donors (Lipinski definition) is 4. The van der Waals surface area contributed by atoms with Crippen molar-refractivity contribution in [1.29, 1.82) is 0 Å². The molecule has 106 valence electrons. The lowest BCUT2D eigenvalue weighted by molar-refractivity contribution is 0.0378. The molecule has 1 aromatic heterocycles. The van der Waals surface area contributed by atoms with E-state index in [0.717, 1.165) is 19.3 Å². The van der Waals surface area contributed by atoms with E-state index in [-0.39, 0.29) is 12.1 Å². The first-order valence-electron chi connectivity index (χ1n) is 6.53. The Kier molecular flexibility index (Phi) is 4.52. The van der Waals surface area contributed by atoms with Gasteiger partial charge in [-0.25, -0.2) is 15.8 Å². The summed E-state index contributed by atoms with van der Waals surface area (Å²) in [5.41, 5.74) is 2.16. The Balaban J connectivity index is 2.20. The summed E-state index contributed by atoms with van der Waals surface area (Å²) in [6.07, 6.45) is 2.22. The molecule has 7 nitrogen and oxygen atoms in total. The number of aliphatic hydroxyl groups is 1. The van der Waals surface area contributed by atoms with Gasteiger partial charge >= 0.3 is 0 Å². The van der Waals surface area contributed by atoms with Gasteiger partial charge in [-0.05, 0) is 12.8 Å². The van der Waals surface area contributed by atoms with Crippen LogP contribution < -0.4 is 16.6 Å². The quantitative estimate of drug-likeness (QED) is 0.448. The molecule has 0 bridgehead atoms. The van der Waals surface area contributed by atoms with Crippen LogP contribution in [-0.2, 0) is 11.2 Å². The number of ether oxygens (including phenoxy) is 1. The SMILES string of the molecule is CCc1nc(NN)cc(NC2(CO)CCOCC2)n1.